The number of aryl methyl sites for hydroxylation is 1. The van der Waals surface area contributed by atoms with Crippen LogP contribution in [0.3, 0.4) is 0 Å². The topological polar surface area (TPSA) is 82.8 Å². The molecule has 0 radical (unpaired) electrons. The number of nitrogens with one attached hydrogen (secondary N) is 3. The van der Waals surface area contributed by atoms with Crippen LogP contribution in [0.1, 0.15) is 16.9 Å². The summed E-state index contributed by atoms with van der Waals surface area (Å²) < 4.78 is 6.29. The van der Waals surface area contributed by atoms with Gasteiger partial charge < -0.3 is 10.1 Å². The number of ether oxygens (including phenoxy) is 1. The van der Waals surface area contributed by atoms with Crippen LogP contribution in [0.4, 0.5) is 5.13 Å². The van der Waals surface area contributed by atoms with E-state index in [2.05, 4.69) is 32.6 Å². The molecular weight excluding hydrogens is 372 g/mol. The van der Waals surface area contributed by atoms with Crippen molar-refractivity contribution in [2.75, 3.05) is 11.9 Å². The Labute approximate surface area is 166 Å². The molecule has 0 aliphatic rings. The molecule has 1 atom stereocenters. The fourth-order valence-corrected chi connectivity index (χ4v) is 3.83. The van der Waals surface area contributed by atoms with Crippen molar-refractivity contribution >= 4 is 27.4 Å². The molecule has 4 aromatic rings. The Hall–Kier alpha value is -3.06. The third kappa shape index (κ3) is 4.43. The van der Waals surface area contributed by atoms with Gasteiger partial charge in [-0.15, -0.1) is 11.3 Å². The van der Waals surface area contributed by atoms with Gasteiger partial charge in [-0.3, -0.25) is 15.0 Å². The molecule has 4 rings (SSSR count). The van der Waals surface area contributed by atoms with Crippen LogP contribution in [0, 0.1) is 6.92 Å². The Balaban J connectivity index is 1.46. The smallest absolute Gasteiger partial charge is 0.271 e. The molecule has 0 saturated heterocycles. The van der Waals surface area contributed by atoms with Crippen LogP contribution in [0.2, 0.25) is 0 Å². The monoisotopic (exact) mass is 394 g/mol. The summed E-state index contributed by atoms with van der Waals surface area (Å²) in [6.45, 7) is 2.82. The van der Waals surface area contributed by atoms with Crippen molar-refractivity contribution in [2.45, 2.75) is 25.9 Å². The molecule has 2 heterocycles. The average Bonchev–Trinajstić information content (AvgIpc) is 3.28. The first-order chi connectivity index (χ1) is 13.7. The molecule has 7 heteroatoms. The Bertz CT molecular complexity index is 1100. The number of nitrogens with zero attached hydrogens (tertiary/aromatic N) is 1. The third-order valence-corrected chi connectivity index (χ3v) is 5.39. The van der Waals surface area contributed by atoms with Crippen LogP contribution in [-0.4, -0.2) is 27.8 Å². The highest BCUT2D eigenvalue weighted by atomic mass is 32.1. The molecule has 2 aromatic carbocycles. The fourth-order valence-electron chi connectivity index (χ4n) is 3.14. The van der Waals surface area contributed by atoms with E-state index in [-0.39, 0.29) is 11.7 Å². The van der Waals surface area contributed by atoms with Crippen LogP contribution in [-0.2, 0) is 6.42 Å². The summed E-state index contributed by atoms with van der Waals surface area (Å²) in [4.78, 5) is 17.2. The van der Waals surface area contributed by atoms with Crippen molar-refractivity contribution in [1.82, 2.24) is 15.2 Å². The molecular formula is C21H22N4O2S. The summed E-state index contributed by atoms with van der Waals surface area (Å²) in [6, 6.07) is 15.8. The molecule has 3 N–H and O–H groups in total. The van der Waals surface area contributed by atoms with E-state index < -0.39 is 0 Å². The molecule has 0 aliphatic carbocycles. The number of thiazole rings is 1. The van der Waals surface area contributed by atoms with Gasteiger partial charge in [0.15, 0.2) is 5.13 Å². The molecule has 28 heavy (non-hydrogen) atoms. The van der Waals surface area contributed by atoms with Crippen LogP contribution in [0.5, 0.6) is 5.75 Å². The lowest BCUT2D eigenvalue weighted by Gasteiger charge is -2.20. The number of fused-ring (bicyclic) bond motifs is 1. The summed E-state index contributed by atoms with van der Waals surface area (Å²) in [5, 5.41) is 10.4. The molecule has 0 fully saturated rings. The lowest BCUT2D eigenvalue weighted by atomic mass is 10.1. The van der Waals surface area contributed by atoms with E-state index in [1.165, 1.54) is 10.4 Å². The zero-order valence-corrected chi connectivity index (χ0v) is 16.4. The Morgan fingerprint density at radius 3 is 2.82 bits per heavy atom. The van der Waals surface area contributed by atoms with Gasteiger partial charge in [0.2, 0.25) is 0 Å². The van der Waals surface area contributed by atoms with Gasteiger partial charge in [-0.2, -0.15) is 0 Å². The van der Waals surface area contributed by atoms with E-state index in [1.54, 1.807) is 17.4 Å². The highest BCUT2D eigenvalue weighted by Crippen LogP contribution is 2.21. The Kier molecular flexibility index (Phi) is 5.43. The maximum atomic E-state index is 11.7. The average molecular weight is 395 g/mol. The van der Waals surface area contributed by atoms with Crippen LogP contribution >= 0.6 is 11.3 Å². The van der Waals surface area contributed by atoms with Crippen LogP contribution < -0.4 is 15.6 Å². The van der Waals surface area contributed by atoms with E-state index in [0.29, 0.717) is 5.39 Å². The normalized spacial score (nSPS) is 12.2. The van der Waals surface area contributed by atoms with Crippen molar-refractivity contribution in [3.8, 4) is 5.75 Å². The minimum absolute atomic E-state index is 0.000858. The zero-order chi connectivity index (χ0) is 19.3. The molecule has 2 aromatic heterocycles. The number of anilines is 1. The fraction of sp³-hybridized carbons (Fsp3) is 0.238. The van der Waals surface area contributed by atoms with Crippen molar-refractivity contribution in [3.63, 3.8) is 0 Å². The molecule has 144 valence electrons. The molecule has 1 unspecified atom stereocenters. The molecule has 0 saturated carbocycles. The highest BCUT2D eigenvalue weighted by molar-refractivity contribution is 7.15. The number of benzene rings is 2. The highest BCUT2D eigenvalue weighted by Gasteiger charge is 2.13. The summed E-state index contributed by atoms with van der Waals surface area (Å²) in [5.74, 6) is 0.744. The second-order valence-corrected chi connectivity index (χ2v) is 7.94. The van der Waals surface area contributed by atoms with Crippen molar-refractivity contribution < 1.29 is 4.74 Å². The van der Waals surface area contributed by atoms with Gasteiger partial charge in [0.1, 0.15) is 11.9 Å². The number of aromatic nitrogens is 3. The Morgan fingerprint density at radius 2 is 2.04 bits per heavy atom. The lowest BCUT2D eigenvalue weighted by molar-refractivity contribution is 0.195. The van der Waals surface area contributed by atoms with Crippen molar-refractivity contribution in [3.05, 3.63) is 75.5 Å². The van der Waals surface area contributed by atoms with Gasteiger partial charge in [0, 0.05) is 36.5 Å². The molecule has 6 nitrogen and oxygen atoms in total. The summed E-state index contributed by atoms with van der Waals surface area (Å²) in [6.07, 6.45) is 3.51. The van der Waals surface area contributed by atoms with Crippen LogP contribution in [0.15, 0.2) is 59.5 Å². The maximum absolute atomic E-state index is 11.7. The first-order valence-corrected chi connectivity index (χ1v) is 10.1. The summed E-state index contributed by atoms with van der Waals surface area (Å²) >= 11 is 1.65. The summed E-state index contributed by atoms with van der Waals surface area (Å²) in [5.41, 5.74) is 1.86. The van der Waals surface area contributed by atoms with E-state index in [9.17, 15) is 4.79 Å². The van der Waals surface area contributed by atoms with Gasteiger partial charge in [-0.25, -0.2) is 4.98 Å². The standard InChI is InChI=1S/C21H22N4O2S/c1-14-13-23-21(28-14)22-10-9-17(11-15-5-3-2-4-6-15)27-16-7-8-18-19(12-16)24-25-20(18)26/h2-8,12-13,17H,9-11H2,1H3,(H,22,23)(H2,24,25,26). The number of rotatable bonds is 8. The minimum Gasteiger partial charge on any atom is -0.490 e. The van der Waals surface area contributed by atoms with Gasteiger partial charge in [-0.05, 0) is 24.6 Å². The number of hydrogen-bond acceptors (Lipinski definition) is 5. The van der Waals surface area contributed by atoms with E-state index >= 15 is 0 Å². The van der Waals surface area contributed by atoms with Crippen LogP contribution in [0.25, 0.3) is 10.9 Å². The molecule has 0 spiro atoms. The lowest BCUT2D eigenvalue weighted by Crippen LogP contribution is -2.23. The second kappa shape index (κ2) is 8.31. The predicted molar refractivity (Wildman–Crippen MR) is 113 cm³/mol. The number of aromatic amines is 2. The van der Waals surface area contributed by atoms with E-state index in [0.717, 1.165) is 35.8 Å². The Morgan fingerprint density at radius 1 is 1.18 bits per heavy atom. The van der Waals surface area contributed by atoms with Gasteiger partial charge >= 0.3 is 0 Å². The third-order valence-electron chi connectivity index (χ3n) is 4.52. The first kappa shape index (κ1) is 18.3. The van der Waals surface area contributed by atoms with Crippen molar-refractivity contribution in [1.29, 1.82) is 0 Å². The van der Waals surface area contributed by atoms with Gasteiger partial charge in [0.25, 0.3) is 5.56 Å². The van der Waals surface area contributed by atoms with Gasteiger partial charge in [-0.1, -0.05) is 30.3 Å². The first-order valence-electron chi connectivity index (χ1n) is 9.25. The number of hydrogen-bond donors (Lipinski definition) is 3. The van der Waals surface area contributed by atoms with Gasteiger partial charge in [0.05, 0.1) is 10.9 Å². The zero-order valence-electron chi connectivity index (χ0n) is 15.6. The maximum Gasteiger partial charge on any atom is 0.271 e. The predicted octanol–water partition coefficient (Wildman–Crippen LogP) is 4.11. The SMILES string of the molecule is Cc1cnc(NCCC(Cc2ccccc2)Oc2ccc3c(=O)[nH][nH]c3c2)s1. The number of H-pyrrole nitrogens is 2. The van der Waals surface area contributed by atoms with E-state index in [1.807, 2.05) is 43.5 Å². The van der Waals surface area contributed by atoms with Crippen molar-refractivity contribution in [2.24, 2.45) is 0 Å². The summed E-state index contributed by atoms with van der Waals surface area (Å²) in [7, 11) is 0. The quantitative estimate of drug-likeness (QED) is 0.420. The molecule has 0 amide bonds. The largest absolute Gasteiger partial charge is 0.490 e. The molecule has 0 bridgehead atoms. The molecule has 0 aliphatic heterocycles. The second-order valence-electron chi connectivity index (χ2n) is 6.71. The minimum atomic E-state index is -0.120. The van der Waals surface area contributed by atoms with E-state index in [4.69, 9.17) is 4.74 Å².